The van der Waals surface area contributed by atoms with E-state index in [1.807, 2.05) is 0 Å². The van der Waals surface area contributed by atoms with Crippen molar-refractivity contribution in [3.8, 4) is 0 Å². The summed E-state index contributed by atoms with van der Waals surface area (Å²) >= 11 is 0. The molecule has 2 heteroatoms. The Morgan fingerprint density at radius 1 is 1.31 bits per heavy atom. The van der Waals surface area contributed by atoms with Crippen LogP contribution in [0.3, 0.4) is 0 Å². The zero-order chi connectivity index (χ0) is 11.4. The van der Waals surface area contributed by atoms with Gasteiger partial charge in [0.1, 0.15) is 0 Å². The van der Waals surface area contributed by atoms with Gasteiger partial charge in [0.2, 0.25) is 0 Å². The molecule has 1 heterocycles. The summed E-state index contributed by atoms with van der Waals surface area (Å²) in [7, 11) is 0. The first-order valence-corrected chi connectivity index (χ1v) is 7.08. The van der Waals surface area contributed by atoms with Crippen molar-refractivity contribution in [2.24, 2.45) is 11.1 Å². The van der Waals surface area contributed by atoms with E-state index in [9.17, 15) is 0 Å². The molecule has 0 aromatic heterocycles. The summed E-state index contributed by atoms with van der Waals surface area (Å²) in [6, 6.07) is 0.413. The van der Waals surface area contributed by atoms with Crippen molar-refractivity contribution >= 4 is 0 Å². The zero-order valence-electron chi connectivity index (χ0n) is 10.7. The van der Waals surface area contributed by atoms with Crippen molar-refractivity contribution in [2.75, 3.05) is 6.61 Å². The summed E-state index contributed by atoms with van der Waals surface area (Å²) in [6.45, 7) is 3.37. The molecule has 2 aliphatic rings. The standard InChI is InChI=1S/C14H27NO/c1-14(9-2-3-10-14)13(15)8-4-6-12-7-5-11-16-12/h12-13H,2-11,15H2,1H3. The molecule has 2 N–H and O–H groups in total. The molecular formula is C14H27NO. The van der Waals surface area contributed by atoms with E-state index in [4.69, 9.17) is 10.5 Å². The average molecular weight is 225 g/mol. The number of hydrogen-bond acceptors (Lipinski definition) is 2. The second-order valence-electron chi connectivity index (χ2n) is 6.03. The molecule has 2 nitrogen and oxygen atoms in total. The van der Waals surface area contributed by atoms with Crippen LogP contribution in [0.15, 0.2) is 0 Å². The highest BCUT2D eigenvalue weighted by atomic mass is 16.5. The van der Waals surface area contributed by atoms with Gasteiger partial charge in [-0.1, -0.05) is 19.8 Å². The van der Waals surface area contributed by atoms with Crippen LogP contribution in [0.4, 0.5) is 0 Å². The second kappa shape index (κ2) is 5.50. The van der Waals surface area contributed by atoms with E-state index in [2.05, 4.69) is 6.92 Å². The van der Waals surface area contributed by atoms with Crippen LogP contribution in [0.1, 0.15) is 64.7 Å². The van der Waals surface area contributed by atoms with Crippen molar-refractivity contribution < 1.29 is 4.74 Å². The van der Waals surface area contributed by atoms with Gasteiger partial charge in [0.15, 0.2) is 0 Å². The van der Waals surface area contributed by atoms with Crippen molar-refractivity contribution in [3.05, 3.63) is 0 Å². The summed E-state index contributed by atoms with van der Waals surface area (Å²) in [4.78, 5) is 0. The van der Waals surface area contributed by atoms with Gasteiger partial charge in [-0.25, -0.2) is 0 Å². The molecule has 1 saturated heterocycles. The van der Waals surface area contributed by atoms with E-state index < -0.39 is 0 Å². The molecule has 0 bridgehead atoms. The van der Waals surface area contributed by atoms with Gasteiger partial charge in [0.25, 0.3) is 0 Å². The van der Waals surface area contributed by atoms with E-state index in [-0.39, 0.29) is 0 Å². The third-order valence-corrected chi connectivity index (χ3v) is 4.71. The molecule has 2 unspecified atom stereocenters. The van der Waals surface area contributed by atoms with Crippen molar-refractivity contribution in [2.45, 2.75) is 76.9 Å². The number of rotatable bonds is 5. The fraction of sp³-hybridized carbons (Fsp3) is 1.00. The van der Waals surface area contributed by atoms with Crippen LogP contribution >= 0.6 is 0 Å². The zero-order valence-corrected chi connectivity index (χ0v) is 10.7. The fourth-order valence-corrected chi connectivity index (χ4v) is 3.34. The van der Waals surface area contributed by atoms with Crippen LogP contribution in [0.2, 0.25) is 0 Å². The van der Waals surface area contributed by atoms with Crippen LogP contribution in [-0.2, 0) is 4.74 Å². The number of ether oxygens (including phenoxy) is 1. The van der Waals surface area contributed by atoms with E-state index >= 15 is 0 Å². The van der Waals surface area contributed by atoms with Crippen molar-refractivity contribution in [1.29, 1.82) is 0 Å². The minimum Gasteiger partial charge on any atom is -0.378 e. The smallest absolute Gasteiger partial charge is 0.0576 e. The molecule has 1 aliphatic heterocycles. The minimum atomic E-state index is 0.413. The van der Waals surface area contributed by atoms with Gasteiger partial charge in [-0.3, -0.25) is 0 Å². The average Bonchev–Trinajstić information content (AvgIpc) is 2.90. The molecule has 0 aromatic carbocycles. The maximum absolute atomic E-state index is 6.36. The van der Waals surface area contributed by atoms with Gasteiger partial charge in [0.05, 0.1) is 6.10 Å². The summed E-state index contributed by atoms with van der Waals surface area (Å²) < 4.78 is 5.64. The second-order valence-corrected chi connectivity index (χ2v) is 6.03. The van der Waals surface area contributed by atoms with Crippen LogP contribution in [0.5, 0.6) is 0 Å². The molecule has 0 spiro atoms. The Morgan fingerprint density at radius 2 is 2.06 bits per heavy atom. The van der Waals surface area contributed by atoms with Crippen LogP contribution in [0.25, 0.3) is 0 Å². The monoisotopic (exact) mass is 225 g/mol. The normalized spacial score (nSPS) is 30.8. The Hall–Kier alpha value is -0.0800. The summed E-state index contributed by atoms with van der Waals surface area (Å²) in [5.74, 6) is 0. The molecule has 0 radical (unpaired) electrons. The van der Waals surface area contributed by atoms with Gasteiger partial charge in [-0.05, 0) is 50.4 Å². The molecule has 1 aliphatic carbocycles. The lowest BCUT2D eigenvalue weighted by atomic mass is 9.79. The highest BCUT2D eigenvalue weighted by Gasteiger charge is 2.34. The molecule has 94 valence electrons. The first-order chi connectivity index (χ1) is 7.71. The van der Waals surface area contributed by atoms with Crippen LogP contribution in [-0.4, -0.2) is 18.8 Å². The van der Waals surface area contributed by atoms with Crippen molar-refractivity contribution in [3.63, 3.8) is 0 Å². The van der Waals surface area contributed by atoms with Crippen molar-refractivity contribution in [1.82, 2.24) is 0 Å². The lowest BCUT2D eigenvalue weighted by Gasteiger charge is -2.31. The van der Waals surface area contributed by atoms with Crippen LogP contribution in [0, 0.1) is 5.41 Å². The summed E-state index contributed by atoms with van der Waals surface area (Å²) in [5.41, 5.74) is 6.80. The highest BCUT2D eigenvalue weighted by molar-refractivity contribution is 4.89. The molecular weight excluding hydrogens is 198 g/mol. The Balaban J connectivity index is 1.64. The van der Waals surface area contributed by atoms with E-state index in [1.165, 1.54) is 57.8 Å². The van der Waals surface area contributed by atoms with E-state index in [1.54, 1.807) is 0 Å². The first-order valence-electron chi connectivity index (χ1n) is 7.08. The summed E-state index contributed by atoms with van der Waals surface area (Å²) in [6.07, 6.45) is 12.2. The van der Waals surface area contributed by atoms with E-state index in [0.29, 0.717) is 17.6 Å². The topological polar surface area (TPSA) is 35.2 Å². The lowest BCUT2D eigenvalue weighted by Crippen LogP contribution is -2.37. The van der Waals surface area contributed by atoms with Gasteiger partial charge in [0, 0.05) is 12.6 Å². The van der Waals surface area contributed by atoms with Gasteiger partial charge in [-0.2, -0.15) is 0 Å². The lowest BCUT2D eigenvalue weighted by molar-refractivity contribution is 0.0996. The third kappa shape index (κ3) is 2.98. The van der Waals surface area contributed by atoms with Gasteiger partial charge in [-0.15, -0.1) is 0 Å². The molecule has 2 fully saturated rings. The Morgan fingerprint density at radius 3 is 2.69 bits per heavy atom. The van der Waals surface area contributed by atoms with E-state index in [0.717, 1.165) is 6.61 Å². The van der Waals surface area contributed by atoms with Gasteiger partial charge >= 0.3 is 0 Å². The Bertz CT molecular complexity index is 205. The quantitative estimate of drug-likeness (QED) is 0.779. The minimum absolute atomic E-state index is 0.413. The molecule has 1 saturated carbocycles. The SMILES string of the molecule is CC1(C(N)CCCC2CCCO2)CCCC1. The Labute approximate surface area is 99.9 Å². The molecule has 0 aromatic rings. The maximum atomic E-state index is 6.36. The molecule has 0 amide bonds. The molecule has 2 atom stereocenters. The number of hydrogen-bond donors (Lipinski definition) is 1. The first kappa shape index (κ1) is 12.4. The number of nitrogens with two attached hydrogens (primary N) is 1. The molecule has 16 heavy (non-hydrogen) atoms. The fourth-order valence-electron chi connectivity index (χ4n) is 3.34. The summed E-state index contributed by atoms with van der Waals surface area (Å²) in [5, 5.41) is 0. The van der Waals surface area contributed by atoms with Gasteiger partial charge < -0.3 is 10.5 Å². The highest BCUT2D eigenvalue weighted by Crippen LogP contribution is 2.41. The van der Waals surface area contributed by atoms with Crippen LogP contribution < -0.4 is 5.73 Å². The Kier molecular flexibility index (Phi) is 4.26. The predicted molar refractivity (Wildman–Crippen MR) is 67.4 cm³/mol. The molecule has 2 rings (SSSR count). The predicted octanol–water partition coefficient (Wildman–Crippen LogP) is 3.24. The largest absolute Gasteiger partial charge is 0.378 e. The maximum Gasteiger partial charge on any atom is 0.0576 e. The third-order valence-electron chi connectivity index (χ3n) is 4.71.